The van der Waals surface area contributed by atoms with Crippen molar-refractivity contribution in [2.24, 2.45) is 0 Å². The van der Waals surface area contributed by atoms with Gasteiger partial charge in [0.2, 0.25) is 0 Å². The Morgan fingerprint density at radius 3 is 2.50 bits per heavy atom. The summed E-state index contributed by atoms with van der Waals surface area (Å²) in [5, 5.41) is 3.27. The van der Waals surface area contributed by atoms with Crippen LogP contribution in [0, 0.1) is 6.92 Å². The van der Waals surface area contributed by atoms with Crippen LogP contribution in [0.2, 0.25) is 0 Å². The van der Waals surface area contributed by atoms with Gasteiger partial charge in [0.1, 0.15) is 18.1 Å². The van der Waals surface area contributed by atoms with Crippen molar-refractivity contribution in [3.05, 3.63) is 59.7 Å². The number of ether oxygens (including phenoxy) is 2. The summed E-state index contributed by atoms with van der Waals surface area (Å²) in [5.74, 6) is 1.76. The zero-order valence-electron chi connectivity index (χ0n) is 12.2. The van der Waals surface area contributed by atoms with Gasteiger partial charge in [-0.15, -0.1) is 0 Å². The summed E-state index contributed by atoms with van der Waals surface area (Å²) < 4.78 is 11.1. The van der Waals surface area contributed by atoms with Gasteiger partial charge in [-0.25, -0.2) is 0 Å². The van der Waals surface area contributed by atoms with Gasteiger partial charge >= 0.3 is 0 Å². The van der Waals surface area contributed by atoms with E-state index in [-0.39, 0.29) is 6.04 Å². The summed E-state index contributed by atoms with van der Waals surface area (Å²) in [6.45, 7) is 2.64. The van der Waals surface area contributed by atoms with Gasteiger partial charge in [-0.3, -0.25) is 0 Å². The van der Waals surface area contributed by atoms with Crippen LogP contribution in [0.25, 0.3) is 0 Å². The Hall–Kier alpha value is -2.00. The summed E-state index contributed by atoms with van der Waals surface area (Å²) in [5.41, 5.74) is 2.35. The van der Waals surface area contributed by atoms with E-state index >= 15 is 0 Å². The molecule has 2 aromatic rings. The molecule has 0 saturated carbocycles. The van der Waals surface area contributed by atoms with E-state index in [2.05, 4.69) is 24.4 Å². The highest BCUT2D eigenvalue weighted by atomic mass is 16.5. The second kappa shape index (κ2) is 6.96. The predicted molar refractivity (Wildman–Crippen MR) is 81.5 cm³/mol. The standard InChI is InChI=1S/C17H21NO2/c1-13-6-4-9-16(10-13)20-12-17(18-2)14-7-5-8-15(11-14)19-3/h4-11,17-18H,12H2,1-3H3. The third-order valence-corrected chi connectivity index (χ3v) is 3.25. The molecule has 1 atom stereocenters. The molecule has 0 amide bonds. The molecule has 0 radical (unpaired) electrons. The molecule has 0 aromatic heterocycles. The molecular weight excluding hydrogens is 250 g/mol. The van der Waals surface area contributed by atoms with Crippen LogP contribution in [0.3, 0.4) is 0 Å². The van der Waals surface area contributed by atoms with Gasteiger partial charge in [0.25, 0.3) is 0 Å². The van der Waals surface area contributed by atoms with Crippen molar-refractivity contribution in [3.63, 3.8) is 0 Å². The summed E-state index contributed by atoms with van der Waals surface area (Å²) in [4.78, 5) is 0. The lowest BCUT2D eigenvalue weighted by molar-refractivity contribution is 0.272. The molecule has 2 rings (SSSR count). The quantitative estimate of drug-likeness (QED) is 0.874. The Labute approximate surface area is 120 Å². The molecule has 0 aliphatic heterocycles. The first-order chi connectivity index (χ1) is 9.72. The fourth-order valence-corrected chi connectivity index (χ4v) is 2.09. The van der Waals surface area contributed by atoms with Gasteiger partial charge in [0.05, 0.1) is 13.2 Å². The monoisotopic (exact) mass is 271 g/mol. The summed E-state index contributed by atoms with van der Waals surface area (Å²) >= 11 is 0. The number of methoxy groups -OCH3 is 1. The van der Waals surface area contributed by atoms with Crippen molar-refractivity contribution in [3.8, 4) is 11.5 Å². The van der Waals surface area contributed by atoms with E-state index in [1.54, 1.807) is 7.11 Å². The molecular formula is C17H21NO2. The molecule has 3 nitrogen and oxygen atoms in total. The van der Waals surface area contributed by atoms with Gasteiger partial charge in [-0.1, -0.05) is 24.3 Å². The Kier molecular flexibility index (Phi) is 5.02. The molecule has 106 valence electrons. The molecule has 2 aromatic carbocycles. The van der Waals surface area contributed by atoms with E-state index in [4.69, 9.17) is 9.47 Å². The van der Waals surface area contributed by atoms with Crippen LogP contribution in [-0.2, 0) is 0 Å². The van der Waals surface area contributed by atoms with E-state index in [0.717, 1.165) is 17.1 Å². The minimum Gasteiger partial charge on any atom is -0.497 e. The fourth-order valence-electron chi connectivity index (χ4n) is 2.09. The lowest BCUT2D eigenvalue weighted by Crippen LogP contribution is -2.23. The number of rotatable bonds is 6. The SMILES string of the molecule is CNC(COc1cccc(C)c1)c1cccc(OC)c1. The lowest BCUT2D eigenvalue weighted by Gasteiger charge is -2.18. The topological polar surface area (TPSA) is 30.5 Å². The van der Waals surface area contributed by atoms with E-state index in [1.165, 1.54) is 5.56 Å². The third-order valence-electron chi connectivity index (χ3n) is 3.25. The number of aryl methyl sites for hydroxylation is 1. The first kappa shape index (κ1) is 14.4. The highest BCUT2D eigenvalue weighted by molar-refractivity contribution is 5.31. The van der Waals surface area contributed by atoms with E-state index in [9.17, 15) is 0 Å². The number of likely N-dealkylation sites (N-methyl/N-ethyl adjacent to an activating group) is 1. The number of hydrogen-bond acceptors (Lipinski definition) is 3. The molecule has 0 aliphatic rings. The van der Waals surface area contributed by atoms with Crippen LogP contribution < -0.4 is 14.8 Å². The van der Waals surface area contributed by atoms with Crippen LogP contribution in [0.4, 0.5) is 0 Å². The predicted octanol–water partition coefficient (Wildman–Crippen LogP) is 3.34. The molecule has 0 saturated heterocycles. The van der Waals surface area contributed by atoms with E-state index in [0.29, 0.717) is 6.61 Å². The molecule has 1 unspecified atom stereocenters. The van der Waals surface area contributed by atoms with E-state index < -0.39 is 0 Å². The number of benzene rings is 2. The molecule has 0 bridgehead atoms. The molecule has 0 heterocycles. The highest BCUT2D eigenvalue weighted by Gasteiger charge is 2.11. The lowest BCUT2D eigenvalue weighted by atomic mass is 10.1. The average Bonchev–Trinajstić information content (AvgIpc) is 2.48. The van der Waals surface area contributed by atoms with Crippen LogP contribution in [0.1, 0.15) is 17.2 Å². The molecule has 0 fully saturated rings. The summed E-state index contributed by atoms with van der Waals surface area (Å²) in [7, 11) is 3.61. The van der Waals surface area contributed by atoms with Crippen LogP contribution in [0.15, 0.2) is 48.5 Å². The second-order valence-corrected chi connectivity index (χ2v) is 4.75. The smallest absolute Gasteiger partial charge is 0.119 e. The average molecular weight is 271 g/mol. The molecule has 0 aliphatic carbocycles. The molecule has 3 heteroatoms. The number of hydrogen-bond donors (Lipinski definition) is 1. The maximum Gasteiger partial charge on any atom is 0.119 e. The van der Waals surface area contributed by atoms with Crippen LogP contribution in [-0.4, -0.2) is 20.8 Å². The van der Waals surface area contributed by atoms with Crippen LogP contribution in [0.5, 0.6) is 11.5 Å². The van der Waals surface area contributed by atoms with Crippen molar-refractivity contribution < 1.29 is 9.47 Å². The van der Waals surface area contributed by atoms with Crippen molar-refractivity contribution in [2.75, 3.05) is 20.8 Å². The van der Waals surface area contributed by atoms with E-state index in [1.807, 2.05) is 43.4 Å². The minimum atomic E-state index is 0.130. The Morgan fingerprint density at radius 1 is 1.05 bits per heavy atom. The highest BCUT2D eigenvalue weighted by Crippen LogP contribution is 2.20. The molecule has 0 spiro atoms. The Bertz CT molecular complexity index is 554. The fraction of sp³-hybridized carbons (Fsp3) is 0.294. The normalized spacial score (nSPS) is 11.9. The Morgan fingerprint density at radius 2 is 1.80 bits per heavy atom. The molecule has 20 heavy (non-hydrogen) atoms. The van der Waals surface area contributed by atoms with Crippen LogP contribution >= 0.6 is 0 Å². The van der Waals surface area contributed by atoms with Gasteiger partial charge in [-0.2, -0.15) is 0 Å². The zero-order valence-corrected chi connectivity index (χ0v) is 12.2. The summed E-state index contributed by atoms with van der Waals surface area (Å²) in [6, 6.07) is 16.2. The molecule has 1 N–H and O–H groups in total. The van der Waals surface area contributed by atoms with Gasteiger partial charge in [-0.05, 0) is 49.4 Å². The third kappa shape index (κ3) is 3.75. The minimum absolute atomic E-state index is 0.130. The van der Waals surface area contributed by atoms with Crippen molar-refractivity contribution in [1.82, 2.24) is 5.32 Å². The second-order valence-electron chi connectivity index (χ2n) is 4.75. The maximum absolute atomic E-state index is 5.86. The number of nitrogens with one attached hydrogen (secondary N) is 1. The van der Waals surface area contributed by atoms with Crippen molar-refractivity contribution in [2.45, 2.75) is 13.0 Å². The van der Waals surface area contributed by atoms with Gasteiger partial charge in [0, 0.05) is 0 Å². The first-order valence-electron chi connectivity index (χ1n) is 6.73. The largest absolute Gasteiger partial charge is 0.497 e. The van der Waals surface area contributed by atoms with Crippen molar-refractivity contribution >= 4 is 0 Å². The van der Waals surface area contributed by atoms with Gasteiger partial charge < -0.3 is 14.8 Å². The maximum atomic E-state index is 5.86. The Balaban J connectivity index is 2.05. The van der Waals surface area contributed by atoms with Gasteiger partial charge in [0.15, 0.2) is 0 Å². The van der Waals surface area contributed by atoms with Crippen molar-refractivity contribution in [1.29, 1.82) is 0 Å². The summed E-state index contributed by atoms with van der Waals surface area (Å²) in [6.07, 6.45) is 0. The zero-order chi connectivity index (χ0) is 14.4. The first-order valence-corrected chi connectivity index (χ1v) is 6.73.